The molecule has 0 spiro atoms. The van der Waals surface area contributed by atoms with Gasteiger partial charge in [-0.25, -0.2) is 8.42 Å². The molecule has 0 aliphatic carbocycles. The quantitative estimate of drug-likeness (QED) is 0.828. The average molecular weight is 353 g/mol. The molecule has 21 heavy (non-hydrogen) atoms. The van der Waals surface area contributed by atoms with E-state index in [2.05, 4.69) is 10.6 Å². The number of thiophene rings is 1. The lowest BCUT2D eigenvalue weighted by atomic mass is 9.96. The van der Waals surface area contributed by atoms with Crippen molar-refractivity contribution in [1.29, 1.82) is 0 Å². The van der Waals surface area contributed by atoms with Gasteiger partial charge in [-0.15, -0.1) is 12.4 Å². The molecule has 0 atom stereocenters. The Hall–Kier alpha value is -0.630. The van der Waals surface area contributed by atoms with Gasteiger partial charge in [-0.3, -0.25) is 4.79 Å². The lowest BCUT2D eigenvalue weighted by Gasteiger charge is -2.34. The zero-order valence-corrected chi connectivity index (χ0v) is 14.4. The monoisotopic (exact) mass is 352 g/mol. The van der Waals surface area contributed by atoms with Gasteiger partial charge in [0.25, 0.3) is 0 Å². The lowest BCUT2D eigenvalue weighted by Crippen LogP contribution is -2.57. The van der Waals surface area contributed by atoms with E-state index in [-0.39, 0.29) is 18.3 Å². The van der Waals surface area contributed by atoms with Gasteiger partial charge in [-0.05, 0) is 54.7 Å². The number of hydrogen-bond acceptors (Lipinski definition) is 5. The Morgan fingerprint density at radius 1 is 1.43 bits per heavy atom. The van der Waals surface area contributed by atoms with Crippen LogP contribution in [0.4, 0.5) is 0 Å². The van der Waals surface area contributed by atoms with Gasteiger partial charge in [-0.2, -0.15) is 11.3 Å². The van der Waals surface area contributed by atoms with E-state index in [0.29, 0.717) is 32.5 Å². The fraction of sp³-hybridized carbons (Fsp3) is 0.615. The summed E-state index contributed by atoms with van der Waals surface area (Å²) in [5, 5.41) is 9.92. The molecule has 120 valence electrons. The summed E-state index contributed by atoms with van der Waals surface area (Å²) < 4.78 is 22.9. The Morgan fingerprint density at radius 2 is 2.10 bits per heavy atom. The average Bonchev–Trinajstić information content (AvgIpc) is 2.91. The number of sulfone groups is 1. The Morgan fingerprint density at radius 3 is 2.62 bits per heavy atom. The zero-order valence-electron chi connectivity index (χ0n) is 11.9. The predicted molar refractivity (Wildman–Crippen MR) is 88.0 cm³/mol. The van der Waals surface area contributed by atoms with E-state index < -0.39 is 14.6 Å². The fourth-order valence-electron chi connectivity index (χ4n) is 2.51. The van der Waals surface area contributed by atoms with E-state index >= 15 is 0 Å². The molecule has 2 rings (SSSR count). The number of hydrogen-bond donors (Lipinski definition) is 2. The number of carbonyl (C=O) groups is 1. The first-order chi connectivity index (χ1) is 9.46. The number of nitrogens with one attached hydrogen (secondary N) is 2. The van der Waals surface area contributed by atoms with E-state index in [1.54, 1.807) is 11.3 Å². The molecule has 0 unspecified atom stereocenters. The Balaban J connectivity index is 0.00000220. The molecule has 1 amide bonds. The summed E-state index contributed by atoms with van der Waals surface area (Å²) in [4.78, 5) is 12.4. The summed E-state index contributed by atoms with van der Waals surface area (Å²) in [6.07, 6.45) is 2.58. The van der Waals surface area contributed by atoms with E-state index in [9.17, 15) is 13.2 Å². The van der Waals surface area contributed by atoms with Crippen LogP contribution in [0.1, 0.15) is 18.4 Å². The van der Waals surface area contributed by atoms with Gasteiger partial charge in [-0.1, -0.05) is 0 Å². The first-order valence-corrected chi connectivity index (χ1v) is 9.49. The highest BCUT2D eigenvalue weighted by Crippen LogP contribution is 2.27. The van der Waals surface area contributed by atoms with Crippen molar-refractivity contribution in [3.8, 4) is 0 Å². The van der Waals surface area contributed by atoms with Gasteiger partial charge in [0.2, 0.25) is 5.91 Å². The summed E-state index contributed by atoms with van der Waals surface area (Å²) in [6, 6.07) is 2.01. The van der Waals surface area contributed by atoms with E-state index in [1.807, 2.05) is 16.8 Å². The SMILES string of the molecule is CS(=O)(=O)C1(C(=O)NCCc2ccsc2)CCNCC1.Cl. The first kappa shape index (κ1) is 18.4. The fourth-order valence-corrected chi connectivity index (χ4v) is 4.57. The van der Waals surface area contributed by atoms with Gasteiger partial charge in [0, 0.05) is 12.8 Å². The molecule has 5 nitrogen and oxygen atoms in total. The second-order valence-electron chi connectivity index (χ2n) is 5.15. The minimum Gasteiger partial charge on any atom is -0.354 e. The third kappa shape index (κ3) is 4.18. The summed E-state index contributed by atoms with van der Waals surface area (Å²) in [5.41, 5.74) is 1.16. The minimum atomic E-state index is -3.42. The summed E-state index contributed by atoms with van der Waals surface area (Å²) >= 11 is 1.61. The highest BCUT2D eigenvalue weighted by atomic mass is 35.5. The zero-order chi connectivity index (χ0) is 14.6. The molecule has 1 fully saturated rings. The Bertz CT molecular complexity index is 552. The van der Waals surface area contributed by atoms with Crippen LogP contribution in [0.25, 0.3) is 0 Å². The second-order valence-corrected chi connectivity index (χ2v) is 8.26. The number of carbonyl (C=O) groups excluding carboxylic acids is 1. The van der Waals surface area contributed by atoms with E-state index in [1.165, 1.54) is 0 Å². The van der Waals surface area contributed by atoms with Crippen LogP contribution in [0.3, 0.4) is 0 Å². The lowest BCUT2D eigenvalue weighted by molar-refractivity contribution is -0.124. The number of rotatable bonds is 5. The molecule has 2 N–H and O–H groups in total. The molecule has 0 saturated carbocycles. The number of amides is 1. The molecular weight excluding hydrogens is 332 g/mol. The van der Waals surface area contributed by atoms with Gasteiger partial charge in [0.05, 0.1) is 0 Å². The van der Waals surface area contributed by atoms with Gasteiger partial charge < -0.3 is 10.6 Å². The van der Waals surface area contributed by atoms with Crippen LogP contribution in [0, 0.1) is 0 Å². The maximum atomic E-state index is 12.4. The van der Waals surface area contributed by atoms with Crippen LogP contribution < -0.4 is 10.6 Å². The van der Waals surface area contributed by atoms with Crippen molar-refractivity contribution < 1.29 is 13.2 Å². The predicted octanol–water partition coefficient (Wildman–Crippen LogP) is 0.995. The minimum absolute atomic E-state index is 0. The smallest absolute Gasteiger partial charge is 0.241 e. The van der Waals surface area contributed by atoms with Crippen molar-refractivity contribution in [1.82, 2.24) is 10.6 Å². The molecule has 1 aromatic heterocycles. The van der Waals surface area contributed by atoms with E-state index in [0.717, 1.165) is 18.2 Å². The van der Waals surface area contributed by atoms with Crippen LogP contribution in [-0.2, 0) is 21.1 Å². The summed E-state index contributed by atoms with van der Waals surface area (Å²) in [5.74, 6) is -0.350. The van der Waals surface area contributed by atoms with Crippen LogP contribution >= 0.6 is 23.7 Å². The van der Waals surface area contributed by atoms with Gasteiger partial charge in [0.15, 0.2) is 14.6 Å². The topological polar surface area (TPSA) is 75.3 Å². The van der Waals surface area contributed by atoms with Crippen LogP contribution in [0.15, 0.2) is 16.8 Å². The molecule has 0 bridgehead atoms. The van der Waals surface area contributed by atoms with Gasteiger partial charge in [0.1, 0.15) is 0 Å². The Labute approximate surface area is 135 Å². The molecular formula is C13H21ClN2O3S2. The van der Waals surface area contributed by atoms with Crippen LogP contribution in [-0.4, -0.2) is 45.0 Å². The third-order valence-corrected chi connectivity index (χ3v) is 6.56. The maximum Gasteiger partial charge on any atom is 0.241 e. The molecule has 1 aromatic rings. The van der Waals surface area contributed by atoms with Crippen molar-refractivity contribution in [3.63, 3.8) is 0 Å². The molecule has 0 radical (unpaired) electrons. The van der Waals surface area contributed by atoms with Crippen molar-refractivity contribution in [2.24, 2.45) is 0 Å². The van der Waals surface area contributed by atoms with Crippen LogP contribution in [0.2, 0.25) is 0 Å². The van der Waals surface area contributed by atoms with Crippen molar-refractivity contribution in [2.75, 3.05) is 25.9 Å². The maximum absolute atomic E-state index is 12.4. The Kier molecular flexibility index (Phi) is 6.65. The highest BCUT2D eigenvalue weighted by Gasteiger charge is 2.48. The van der Waals surface area contributed by atoms with Crippen molar-refractivity contribution >= 4 is 39.5 Å². The first-order valence-electron chi connectivity index (χ1n) is 6.65. The molecule has 1 aliphatic rings. The summed E-state index contributed by atoms with van der Waals surface area (Å²) in [6.45, 7) is 1.59. The standard InChI is InChI=1S/C13H20N2O3S2.ClH/c1-20(17,18)13(4-7-14-8-5-13)12(16)15-6-2-11-3-9-19-10-11;/h3,9-10,14H,2,4-8H2,1H3,(H,15,16);1H. The molecule has 1 saturated heterocycles. The van der Waals surface area contributed by atoms with Crippen LogP contribution in [0.5, 0.6) is 0 Å². The molecule has 1 aliphatic heterocycles. The van der Waals surface area contributed by atoms with Crippen molar-refractivity contribution in [2.45, 2.75) is 24.0 Å². The molecule has 0 aromatic carbocycles. The highest BCUT2D eigenvalue weighted by molar-refractivity contribution is 7.92. The second kappa shape index (κ2) is 7.58. The van der Waals surface area contributed by atoms with Gasteiger partial charge >= 0.3 is 0 Å². The molecule has 8 heteroatoms. The molecule has 2 heterocycles. The normalized spacial score (nSPS) is 17.8. The number of halogens is 1. The summed E-state index contributed by atoms with van der Waals surface area (Å²) in [7, 11) is -3.42. The third-order valence-electron chi connectivity index (χ3n) is 3.81. The van der Waals surface area contributed by atoms with Crippen molar-refractivity contribution in [3.05, 3.63) is 22.4 Å². The number of piperidine rings is 1. The largest absolute Gasteiger partial charge is 0.354 e. The van der Waals surface area contributed by atoms with E-state index in [4.69, 9.17) is 0 Å².